The number of rotatable bonds is 4. The van der Waals surface area contributed by atoms with Crippen LogP contribution in [0.3, 0.4) is 0 Å². The van der Waals surface area contributed by atoms with Crippen molar-refractivity contribution in [3.63, 3.8) is 0 Å². The minimum Gasteiger partial charge on any atom is -0.333 e. The van der Waals surface area contributed by atoms with Gasteiger partial charge in [0.15, 0.2) is 0 Å². The zero-order valence-electron chi connectivity index (χ0n) is 14.6. The molecule has 1 amide bonds. The number of carbonyl (C=O) groups is 2. The molecule has 3 rings (SSSR count). The first kappa shape index (κ1) is 17.3. The fraction of sp³-hybridized carbons (Fsp3) is 0.389. The van der Waals surface area contributed by atoms with Gasteiger partial charge in [-0.05, 0) is 24.0 Å². The largest absolute Gasteiger partial charge is 0.333 e. The van der Waals surface area contributed by atoms with Gasteiger partial charge in [-0.25, -0.2) is 10.1 Å². The lowest BCUT2D eigenvalue weighted by Crippen LogP contribution is -2.47. The predicted molar refractivity (Wildman–Crippen MR) is 94.0 cm³/mol. The maximum atomic E-state index is 12.3. The van der Waals surface area contributed by atoms with Gasteiger partial charge in [-0.15, -0.1) is 0 Å². The summed E-state index contributed by atoms with van der Waals surface area (Å²) < 4.78 is 1.57. The van der Waals surface area contributed by atoms with Gasteiger partial charge in [0.05, 0.1) is 23.6 Å². The molecule has 3 N–H and O–H groups in total. The van der Waals surface area contributed by atoms with Gasteiger partial charge in [-0.1, -0.05) is 39.0 Å². The van der Waals surface area contributed by atoms with Crippen LogP contribution in [-0.4, -0.2) is 33.7 Å². The maximum Gasteiger partial charge on any atom is 0.293 e. The molecule has 0 aliphatic carbocycles. The molecule has 132 valence electrons. The molecule has 1 fully saturated rings. The number of hydrazine groups is 1. The van der Waals surface area contributed by atoms with Gasteiger partial charge < -0.3 is 5.32 Å². The normalized spacial score (nSPS) is 20.4. The molecule has 1 saturated heterocycles. The Morgan fingerprint density at radius 3 is 2.56 bits per heavy atom. The molecule has 1 aromatic heterocycles. The van der Waals surface area contributed by atoms with Crippen LogP contribution in [0.25, 0.3) is 5.69 Å². The summed E-state index contributed by atoms with van der Waals surface area (Å²) in [6, 6.07) is 9.64. The molecule has 2 unspecified atom stereocenters. The number of amides is 1. The van der Waals surface area contributed by atoms with Crippen molar-refractivity contribution in [3.8, 4) is 5.69 Å². The molecular formula is C18H23N5O2. The van der Waals surface area contributed by atoms with E-state index in [-0.39, 0.29) is 23.2 Å². The van der Waals surface area contributed by atoms with E-state index in [0.29, 0.717) is 6.42 Å². The summed E-state index contributed by atoms with van der Waals surface area (Å²) in [6.45, 7) is 6.37. The van der Waals surface area contributed by atoms with Crippen molar-refractivity contribution in [2.24, 2.45) is 5.41 Å². The number of ketones is 1. The average molecular weight is 341 g/mol. The van der Waals surface area contributed by atoms with Crippen LogP contribution in [-0.2, 0) is 4.79 Å². The molecule has 0 saturated carbocycles. The maximum absolute atomic E-state index is 12.3. The lowest BCUT2D eigenvalue weighted by Gasteiger charge is -2.25. The number of aromatic nitrogens is 2. The quantitative estimate of drug-likeness (QED) is 0.578. The highest BCUT2D eigenvalue weighted by Crippen LogP contribution is 2.24. The summed E-state index contributed by atoms with van der Waals surface area (Å²) in [6.07, 6.45) is 3.42. The smallest absolute Gasteiger partial charge is 0.293 e. The van der Waals surface area contributed by atoms with Gasteiger partial charge in [0.25, 0.3) is 11.7 Å². The molecule has 0 spiro atoms. The van der Waals surface area contributed by atoms with Gasteiger partial charge in [0.2, 0.25) is 0 Å². The summed E-state index contributed by atoms with van der Waals surface area (Å²) in [4.78, 5) is 24.6. The summed E-state index contributed by atoms with van der Waals surface area (Å²) in [5.74, 6) is -1.23. The van der Waals surface area contributed by atoms with Gasteiger partial charge in [0.1, 0.15) is 0 Å². The molecule has 1 aliphatic heterocycles. The highest BCUT2D eigenvalue weighted by atomic mass is 16.2. The molecule has 1 aromatic carbocycles. The minimum atomic E-state index is -0.638. The van der Waals surface area contributed by atoms with Crippen LogP contribution in [0.2, 0.25) is 0 Å². The van der Waals surface area contributed by atoms with Crippen LogP contribution >= 0.6 is 0 Å². The fourth-order valence-corrected chi connectivity index (χ4v) is 2.74. The van der Waals surface area contributed by atoms with Crippen LogP contribution in [0, 0.1) is 5.41 Å². The monoisotopic (exact) mass is 341 g/mol. The van der Waals surface area contributed by atoms with E-state index in [9.17, 15) is 9.59 Å². The number of Topliss-reactive ketones (excluding diaryl/α,β-unsaturated/α-hetero) is 1. The van der Waals surface area contributed by atoms with Gasteiger partial charge in [-0.2, -0.15) is 5.10 Å². The lowest BCUT2D eigenvalue weighted by atomic mass is 9.85. The lowest BCUT2D eigenvalue weighted by molar-refractivity contribution is -0.117. The number of hydrogen-bond acceptors (Lipinski definition) is 5. The molecule has 2 atom stereocenters. The second-order valence-corrected chi connectivity index (χ2v) is 7.31. The molecular weight excluding hydrogens is 318 g/mol. The first-order valence-corrected chi connectivity index (χ1v) is 8.31. The summed E-state index contributed by atoms with van der Waals surface area (Å²) in [5, 5.41) is 6.88. The SMILES string of the molecule is CC(C)(C)C1CC(NC(=O)C(=O)c2cnn(-c3ccccc3)c2)NN1. The molecule has 25 heavy (non-hydrogen) atoms. The van der Waals surface area contributed by atoms with E-state index in [1.54, 1.807) is 10.9 Å². The number of nitrogens with zero attached hydrogens (tertiary/aromatic N) is 2. The Balaban J connectivity index is 1.62. The minimum absolute atomic E-state index is 0.0628. The number of benzene rings is 1. The summed E-state index contributed by atoms with van der Waals surface area (Å²) in [5.41, 5.74) is 7.35. The highest BCUT2D eigenvalue weighted by molar-refractivity contribution is 6.42. The van der Waals surface area contributed by atoms with E-state index in [0.717, 1.165) is 5.69 Å². The second kappa shape index (κ2) is 6.78. The van der Waals surface area contributed by atoms with E-state index in [4.69, 9.17) is 0 Å². The van der Waals surface area contributed by atoms with Crippen LogP contribution in [0.4, 0.5) is 0 Å². The molecule has 0 radical (unpaired) electrons. The van der Waals surface area contributed by atoms with Gasteiger partial charge in [-0.3, -0.25) is 15.0 Å². The topological polar surface area (TPSA) is 88.0 Å². The Morgan fingerprint density at radius 1 is 1.20 bits per heavy atom. The molecule has 7 heteroatoms. The summed E-state index contributed by atoms with van der Waals surface area (Å²) in [7, 11) is 0. The van der Waals surface area contributed by atoms with Crippen LogP contribution in [0.15, 0.2) is 42.7 Å². The van der Waals surface area contributed by atoms with Crippen LogP contribution in [0.5, 0.6) is 0 Å². The standard InChI is InChI=1S/C18H23N5O2/c1-18(2,3)14-9-15(22-21-14)20-17(25)16(24)12-10-19-23(11-12)13-7-5-4-6-8-13/h4-8,10-11,14-15,21-22H,9H2,1-3H3,(H,20,25). The van der Waals surface area contributed by atoms with Crippen LogP contribution in [0.1, 0.15) is 37.6 Å². The number of carbonyl (C=O) groups excluding carboxylic acids is 2. The van der Waals surface area contributed by atoms with E-state index < -0.39 is 11.7 Å². The van der Waals surface area contributed by atoms with Crippen molar-refractivity contribution in [1.82, 2.24) is 25.9 Å². The Kier molecular flexibility index (Phi) is 4.69. The Hall–Kier alpha value is -2.51. The molecule has 0 bridgehead atoms. The molecule has 2 heterocycles. The molecule has 7 nitrogen and oxygen atoms in total. The van der Waals surface area contributed by atoms with Crippen LogP contribution < -0.4 is 16.2 Å². The Labute approximate surface area is 146 Å². The van der Waals surface area contributed by atoms with Gasteiger partial charge in [0, 0.05) is 12.2 Å². The first-order valence-electron chi connectivity index (χ1n) is 8.31. The van der Waals surface area contributed by atoms with Crippen molar-refractivity contribution in [2.45, 2.75) is 39.4 Å². The average Bonchev–Trinajstić information content (AvgIpc) is 3.24. The van der Waals surface area contributed by atoms with Crippen molar-refractivity contribution in [2.75, 3.05) is 0 Å². The fourth-order valence-electron chi connectivity index (χ4n) is 2.74. The predicted octanol–water partition coefficient (Wildman–Crippen LogP) is 1.41. The third-order valence-electron chi connectivity index (χ3n) is 4.33. The van der Waals surface area contributed by atoms with Crippen molar-refractivity contribution >= 4 is 11.7 Å². The van der Waals surface area contributed by atoms with E-state index in [1.165, 1.54) is 6.20 Å². The molecule has 2 aromatic rings. The van der Waals surface area contributed by atoms with E-state index in [2.05, 4.69) is 42.0 Å². The highest BCUT2D eigenvalue weighted by Gasteiger charge is 2.34. The number of nitrogens with one attached hydrogen (secondary N) is 3. The number of para-hydroxylation sites is 1. The van der Waals surface area contributed by atoms with Crippen molar-refractivity contribution < 1.29 is 9.59 Å². The number of hydrogen-bond donors (Lipinski definition) is 3. The van der Waals surface area contributed by atoms with E-state index in [1.807, 2.05) is 30.3 Å². The zero-order chi connectivity index (χ0) is 18.0. The zero-order valence-corrected chi connectivity index (χ0v) is 14.6. The van der Waals surface area contributed by atoms with Crippen molar-refractivity contribution in [3.05, 3.63) is 48.3 Å². The summed E-state index contributed by atoms with van der Waals surface area (Å²) >= 11 is 0. The first-order chi connectivity index (χ1) is 11.8. The Bertz CT molecular complexity index is 763. The van der Waals surface area contributed by atoms with E-state index >= 15 is 0 Å². The van der Waals surface area contributed by atoms with Crippen molar-refractivity contribution in [1.29, 1.82) is 0 Å². The third kappa shape index (κ3) is 3.94. The third-order valence-corrected chi connectivity index (χ3v) is 4.33. The second-order valence-electron chi connectivity index (χ2n) is 7.31. The molecule has 1 aliphatic rings. The Morgan fingerprint density at radius 2 is 1.92 bits per heavy atom. The van der Waals surface area contributed by atoms with Gasteiger partial charge >= 0.3 is 0 Å².